The van der Waals surface area contributed by atoms with E-state index in [9.17, 15) is 0 Å². The molecule has 0 aromatic heterocycles. The average Bonchev–Trinajstić information content (AvgIpc) is 0.918. The second-order valence-corrected chi connectivity index (χ2v) is 0.561. The summed E-state index contributed by atoms with van der Waals surface area (Å²) in [5, 5.41) is 0. The average molecular weight is 149 g/mol. The van der Waals surface area contributed by atoms with Crippen molar-refractivity contribution in [1.82, 2.24) is 0 Å². The summed E-state index contributed by atoms with van der Waals surface area (Å²) in [6, 6.07) is 0. The molecule has 0 fully saturated rings. The van der Waals surface area contributed by atoms with E-state index in [1.807, 2.05) is 0 Å². The fraction of sp³-hybridized carbons (Fsp3) is 0. The van der Waals surface area contributed by atoms with Crippen LogP contribution in [0.25, 0.3) is 0 Å². The Balaban J connectivity index is -0.0000000200. The molecule has 0 N–H and O–H groups in total. The van der Waals surface area contributed by atoms with E-state index >= 15 is 0 Å². The van der Waals surface area contributed by atoms with E-state index in [4.69, 9.17) is 3.87 Å². The fourth-order valence-electron chi connectivity index (χ4n) is 0. The Morgan fingerprint density at radius 3 is 1.60 bits per heavy atom. The van der Waals surface area contributed by atoms with Crippen molar-refractivity contribution in [2.45, 2.75) is 0 Å². The zero-order chi connectivity index (χ0) is 2.71. The molecule has 0 aliphatic carbocycles. The largest absolute Gasteiger partial charge is 0 e. The van der Waals surface area contributed by atoms with Crippen molar-refractivity contribution >= 4 is 34.7 Å². The van der Waals surface area contributed by atoms with Crippen LogP contribution in [0, 0.1) is 0 Å². The van der Waals surface area contributed by atoms with Gasteiger partial charge in [-0.3, -0.25) is 0 Å². The van der Waals surface area contributed by atoms with Crippen LogP contribution in [0.5, 0.6) is 0 Å². The second-order valence-electron chi connectivity index (χ2n) is 0.136. The maximum absolute atomic E-state index is 8.90. The smallest absolute Gasteiger partial charge is 0 e. The maximum Gasteiger partial charge on any atom is 0 e. The molecule has 0 saturated heterocycles. The standard InChI is InChI=1S/Co.2Li.Ni.O.H. The third-order valence-corrected chi connectivity index (χ3v) is 0. The zero-order valence-corrected chi connectivity index (χ0v) is 4.09. The zero-order valence-electron chi connectivity index (χ0n) is 2.06. The Kier molecular flexibility index (Phi) is 52.5. The van der Waals surface area contributed by atoms with Crippen molar-refractivity contribution in [3.05, 3.63) is 0 Å². The van der Waals surface area contributed by atoms with Crippen molar-refractivity contribution in [2.75, 3.05) is 0 Å². The van der Waals surface area contributed by atoms with Gasteiger partial charge in [-0.1, -0.05) is 0 Å². The van der Waals surface area contributed by atoms with Gasteiger partial charge in [-0.2, -0.15) is 0 Å². The van der Waals surface area contributed by atoms with Crippen LogP contribution in [0.2, 0.25) is 0 Å². The van der Waals surface area contributed by atoms with Crippen molar-refractivity contribution in [3.8, 4) is 0 Å². The van der Waals surface area contributed by atoms with Gasteiger partial charge in [-0.25, -0.2) is 0 Å². The van der Waals surface area contributed by atoms with Crippen LogP contribution in [-0.4, -0.2) is 34.7 Å². The molecule has 0 radical (unpaired) electrons. The van der Waals surface area contributed by atoms with Gasteiger partial charge >= 0.3 is 51.0 Å². The molecule has 0 amide bonds. The van der Waals surface area contributed by atoms with E-state index in [1.165, 1.54) is 15.8 Å². The minimum absolute atomic E-state index is 0. The molecule has 0 atom stereocenters. The fourth-order valence-corrected chi connectivity index (χ4v) is 0. The minimum atomic E-state index is 0. The van der Waals surface area contributed by atoms with Crippen molar-refractivity contribution < 1.29 is 32.8 Å². The molecule has 0 aliphatic rings. The van der Waals surface area contributed by atoms with E-state index in [2.05, 4.69) is 0 Å². The SMILES string of the molecule is [LiH].[Li][Co]=[O].[Ni]. The summed E-state index contributed by atoms with van der Waals surface area (Å²) >= 11 is 1.73. The number of hydrogen-bond acceptors (Lipinski definition) is 1. The molecule has 5 heteroatoms. The van der Waals surface area contributed by atoms with E-state index in [0.717, 1.165) is 0 Å². The van der Waals surface area contributed by atoms with E-state index in [1.54, 1.807) is 0 Å². The van der Waals surface area contributed by atoms with Crippen molar-refractivity contribution in [3.63, 3.8) is 0 Å². The topological polar surface area (TPSA) is 17.1 Å². The van der Waals surface area contributed by atoms with Gasteiger partial charge in [0.05, 0.1) is 0 Å². The summed E-state index contributed by atoms with van der Waals surface area (Å²) in [5.74, 6) is 0. The summed E-state index contributed by atoms with van der Waals surface area (Å²) in [6.45, 7) is 0. The van der Waals surface area contributed by atoms with Crippen LogP contribution in [-0.2, 0) is 32.8 Å². The Morgan fingerprint density at radius 2 is 1.60 bits per heavy atom. The summed E-state index contributed by atoms with van der Waals surface area (Å²) in [4.78, 5) is 0. The molecule has 5 heavy (non-hydrogen) atoms. The van der Waals surface area contributed by atoms with Gasteiger partial charge in [0.15, 0.2) is 0 Å². The quantitative estimate of drug-likeness (QED) is 0.397. The first-order valence-electron chi connectivity index (χ1n) is 0.469. The second kappa shape index (κ2) is 16.7. The third kappa shape index (κ3) is 24.0. The Labute approximate surface area is 66.9 Å². The summed E-state index contributed by atoms with van der Waals surface area (Å²) in [7, 11) is 0. The van der Waals surface area contributed by atoms with Crippen LogP contribution < -0.4 is 0 Å². The summed E-state index contributed by atoms with van der Waals surface area (Å²) < 4.78 is 8.90. The normalized spacial score (nSPS) is 4.40. The molecule has 0 aromatic rings. The number of hydrogen-bond donors (Lipinski definition) is 0. The summed E-state index contributed by atoms with van der Waals surface area (Å²) in [5.41, 5.74) is 0. The first-order chi connectivity index (χ1) is 1.41. The van der Waals surface area contributed by atoms with Gasteiger partial charge in [0, 0.05) is 16.5 Å². The van der Waals surface area contributed by atoms with Gasteiger partial charge in [0.1, 0.15) is 0 Å². The van der Waals surface area contributed by atoms with Crippen LogP contribution in [0.3, 0.4) is 0 Å². The van der Waals surface area contributed by atoms with Crippen molar-refractivity contribution in [2.24, 2.45) is 0 Å². The molecule has 0 saturated carbocycles. The van der Waals surface area contributed by atoms with Crippen LogP contribution >= 0.6 is 0 Å². The van der Waals surface area contributed by atoms with Gasteiger partial charge < -0.3 is 0 Å². The van der Waals surface area contributed by atoms with Gasteiger partial charge in [0.2, 0.25) is 0 Å². The van der Waals surface area contributed by atoms with Crippen LogP contribution in [0.15, 0.2) is 0 Å². The molecular weight excluding hydrogens is 148 g/mol. The molecule has 0 aromatic carbocycles. The van der Waals surface area contributed by atoms with Gasteiger partial charge in [-0.05, 0) is 0 Å². The van der Waals surface area contributed by atoms with E-state index < -0.39 is 0 Å². The predicted octanol–water partition coefficient (Wildman–Crippen LogP) is -1.15. The molecule has 0 rings (SSSR count). The Hall–Kier alpha value is 1.99. The summed E-state index contributed by atoms with van der Waals surface area (Å²) in [6.07, 6.45) is 0. The maximum atomic E-state index is 8.90. The molecule has 1 nitrogen and oxygen atoms in total. The minimum Gasteiger partial charge on any atom is 0 e. The molecule has 0 heterocycles. The monoisotopic (exact) mass is 148 g/mol. The first kappa shape index (κ1) is 15.8. The van der Waals surface area contributed by atoms with Gasteiger partial charge in [0.25, 0.3) is 0 Å². The van der Waals surface area contributed by atoms with Crippen LogP contribution in [0.1, 0.15) is 0 Å². The first-order valence-corrected chi connectivity index (χ1v) is 1.94. The van der Waals surface area contributed by atoms with E-state index in [0.29, 0.717) is 0 Å². The molecule has 0 bridgehead atoms. The molecule has 28 valence electrons. The van der Waals surface area contributed by atoms with Gasteiger partial charge in [-0.15, -0.1) is 0 Å². The third-order valence-electron chi connectivity index (χ3n) is 0. The molecule has 0 aliphatic heterocycles. The Bertz CT molecular complexity index is 17.1. The predicted molar refractivity (Wildman–Crippen MR) is 13.6 cm³/mol. The Morgan fingerprint density at radius 1 is 1.60 bits per heavy atom. The molecule has 0 spiro atoms. The van der Waals surface area contributed by atoms with Crippen molar-refractivity contribution in [1.29, 1.82) is 0 Å². The van der Waals surface area contributed by atoms with Crippen LogP contribution in [0.4, 0.5) is 0 Å². The molecule has 0 unspecified atom stereocenters. The van der Waals surface area contributed by atoms with E-state index in [-0.39, 0.29) is 47.8 Å². The molecular formula is HCoLi2NiO. The number of rotatable bonds is 0.